The highest BCUT2D eigenvalue weighted by Gasteiger charge is 2.42. The molecule has 0 unspecified atom stereocenters. The molecule has 0 aliphatic carbocycles. The van der Waals surface area contributed by atoms with Crippen LogP contribution in [0.4, 0.5) is 5.82 Å². The van der Waals surface area contributed by atoms with Crippen molar-refractivity contribution in [3.63, 3.8) is 0 Å². The van der Waals surface area contributed by atoms with E-state index in [0.29, 0.717) is 25.5 Å². The van der Waals surface area contributed by atoms with Crippen molar-refractivity contribution >= 4 is 11.8 Å². The van der Waals surface area contributed by atoms with Gasteiger partial charge in [-0.05, 0) is 13.3 Å². The number of carboxylic acids is 1. The molecule has 0 atom stereocenters. The maximum Gasteiger partial charge on any atom is 0.329 e. The Morgan fingerprint density at radius 3 is 2.85 bits per heavy atom. The maximum absolute atomic E-state index is 12.2. The molecule has 7 nitrogen and oxygen atoms in total. The lowest BCUT2D eigenvalue weighted by molar-refractivity contribution is -0.150. The van der Waals surface area contributed by atoms with Crippen molar-refractivity contribution in [2.75, 3.05) is 24.6 Å². The van der Waals surface area contributed by atoms with Gasteiger partial charge in [0.25, 0.3) is 5.56 Å². The summed E-state index contributed by atoms with van der Waals surface area (Å²) in [5.74, 6) is -0.592. The molecule has 1 fully saturated rings. The number of hydrogen-bond acceptors (Lipinski definition) is 5. The predicted molar refractivity (Wildman–Crippen MR) is 73.0 cm³/mol. The van der Waals surface area contributed by atoms with E-state index in [-0.39, 0.29) is 12.2 Å². The largest absolute Gasteiger partial charge is 0.480 e. The molecule has 2 heterocycles. The molecule has 20 heavy (non-hydrogen) atoms. The molecule has 1 saturated heterocycles. The lowest BCUT2D eigenvalue weighted by atomic mass is 9.96. The second-order valence-corrected chi connectivity index (χ2v) is 5.24. The molecule has 1 aliphatic heterocycles. The third kappa shape index (κ3) is 2.98. The molecule has 1 aromatic rings. The van der Waals surface area contributed by atoms with Crippen LogP contribution in [0, 0.1) is 0 Å². The average molecular weight is 281 g/mol. The Morgan fingerprint density at radius 2 is 2.25 bits per heavy atom. The van der Waals surface area contributed by atoms with Crippen LogP contribution >= 0.6 is 0 Å². The number of carboxylic acid groups (broad SMARTS) is 1. The SMILES string of the molecule is CCCn1ccnc(N2CC(C)(OCC(=O)O)C2)c1=O. The fourth-order valence-electron chi connectivity index (χ4n) is 2.31. The predicted octanol–water partition coefficient (Wildman–Crippen LogP) is 0.333. The van der Waals surface area contributed by atoms with Crippen LogP contribution in [0.5, 0.6) is 0 Å². The molecule has 0 amide bonds. The van der Waals surface area contributed by atoms with Gasteiger partial charge in [0, 0.05) is 18.9 Å². The van der Waals surface area contributed by atoms with Crippen molar-refractivity contribution in [3.8, 4) is 0 Å². The Hall–Kier alpha value is -1.89. The Labute approximate surface area is 116 Å². The highest BCUT2D eigenvalue weighted by Crippen LogP contribution is 2.27. The number of anilines is 1. The molecule has 1 N–H and O–H groups in total. The Bertz CT molecular complexity index is 549. The van der Waals surface area contributed by atoms with Crippen LogP contribution in [0.3, 0.4) is 0 Å². The minimum Gasteiger partial charge on any atom is -0.480 e. The second-order valence-electron chi connectivity index (χ2n) is 5.24. The minimum atomic E-state index is -0.993. The number of hydrogen-bond donors (Lipinski definition) is 1. The third-order valence-corrected chi connectivity index (χ3v) is 3.25. The standard InChI is InChI=1S/C13H19N3O4/c1-3-5-15-6-4-14-11(12(15)19)16-8-13(2,9-16)20-7-10(17)18/h4,6H,3,5,7-9H2,1-2H3,(H,17,18). The Balaban J connectivity index is 2.04. The summed E-state index contributed by atoms with van der Waals surface area (Å²) in [6, 6.07) is 0. The summed E-state index contributed by atoms with van der Waals surface area (Å²) in [5.41, 5.74) is -0.646. The van der Waals surface area contributed by atoms with Gasteiger partial charge in [0.05, 0.1) is 13.1 Å². The lowest BCUT2D eigenvalue weighted by Crippen LogP contribution is -2.63. The second kappa shape index (κ2) is 5.62. The average Bonchev–Trinajstić information content (AvgIpc) is 2.36. The molecule has 1 aromatic heterocycles. The van der Waals surface area contributed by atoms with E-state index < -0.39 is 11.6 Å². The number of aromatic nitrogens is 2. The fourth-order valence-corrected chi connectivity index (χ4v) is 2.31. The van der Waals surface area contributed by atoms with Gasteiger partial charge in [-0.3, -0.25) is 4.79 Å². The third-order valence-electron chi connectivity index (χ3n) is 3.25. The summed E-state index contributed by atoms with van der Waals surface area (Å²) < 4.78 is 6.95. The van der Waals surface area contributed by atoms with E-state index in [9.17, 15) is 9.59 Å². The molecule has 2 rings (SSSR count). The first-order valence-electron chi connectivity index (χ1n) is 6.61. The summed E-state index contributed by atoms with van der Waals surface area (Å²) in [5, 5.41) is 8.61. The number of carbonyl (C=O) groups is 1. The van der Waals surface area contributed by atoms with Crippen LogP contribution in [0.2, 0.25) is 0 Å². The molecular weight excluding hydrogens is 262 g/mol. The van der Waals surface area contributed by atoms with Crippen molar-refractivity contribution in [2.24, 2.45) is 0 Å². The molecule has 110 valence electrons. The Kier molecular flexibility index (Phi) is 4.08. The van der Waals surface area contributed by atoms with Crippen LogP contribution in [0.1, 0.15) is 20.3 Å². The number of nitrogens with zero attached hydrogens (tertiary/aromatic N) is 3. The zero-order valence-electron chi connectivity index (χ0n) is 11.7. The van der Waals surface area contributed by atoms with Crippen LogP contribution in [0.15, 0.2) is 17.2 Å². The summed E-state index contributed by atoms with van der Waals surface area (Å²) in [4.78, 5) is 28.6. The van der Waals surface area contributed by atoms with Gasteiger partial charge < -0.3 is 19.3 Å². The monoisotopic (exact) mass is 281 g/mol. The smallest absolute Gasteiger partial charge is 0.329 e. The van der Waals surface area contributed by atoms with Crippen LogP contribution in [-0.2, 0) is 16.1 Å². The van der Waals surface area contributed by atoms with E-state index in [4.69, 9.17) is 9.84 Å². The van der Waals surface area contributed by atoms with E-state index in [1.54, 1.807) is 17.0 Å². The van der Waals surface area contributed by atoms with E-state index in [1.165, 1.54) is 0 Å². The van der Waals surface area contributed by atoms with Gasteiger partial charge in [-0.25, -0.2) is 9.78 Å². The van der Waals surface area contributed by atoms with Crippen molar-refractivity contribution < 1.29 is 14.6 Å². The molecular formula is C13H19N3O4. The van der Waals surface area contributed by atoms with Gasteiger partial charge in [0.1, 0.15) is 12.2 Å². The van der Waals surface area contributed by atoms with Crippen LogP contribution < -0.4 is 10.5 Å². The number of rotatable bonds is 6. The van der Waals surface area contributed by atoms with Crippen molar-refractivity contribution in [1.29, 1.82) is 0 Å². The van der Waals surface area contributed by atoms with Crippen LogP contribution in [0.25, 0.3) is 0 Å². The molecule has 0 saturated carbocycles. The molecule has 0 aromatic carbocycles. The number of aliphatic carboxylic acids is 1. The number of ether oxygens (including phenoxy) is 1. The van der Waals surface area contributed by atoms with Crippen molar-refractivity contribution in [3.05, 3.63) is 22.7 Å². The maximum atomic E-state index is 12.2. The fraction of sp³-hybridized carbons (Fsp3) is 0.615. The summed E-state index contributed by atoms with van der Waals surface area (Å²) >= 11 is 0. The quantitative estimate of drug-likeness (QED) is 0.809. The minimum absolute atomic E-state index is 0.116. The number of aryl methyl sites for hydroxylation is 1. The van der Waals surface area contributed by atoms with Crippen molar-refractivity contribution in [2.45, 2.75) is 32.4 Å². The van der Waals surface area contributed by atoms with E-state index in [0.717, 1.165) is 6.42 Å². The van der Waals surface area contributed by atoms with E-state index >= 15 is 0 Å². The van der Waals surface area contributed by atoms with Gasteiger partial charge in [-0.2, -0.15) is 0 Å². The molecule has 0 radical (unpaired) electrons. The lowest BCUT2D eigenvalue weighted by Gasteiger charge is -2.47. The van der Waals surface area contributed by atoms with Gasteiger partial charge in [-0.15, -0.1) is 0 Å². The van der Waals surface area contributed by atoms with Gasteiger partial charge >= 0.3 is 5.97 Å². The summed E-state index contributed by atoms with van der Waals surface area (Å²) in [6.45, 7) is 5.12. The highest BCUT2D eigenvalue weighted by atomic mass is 16.5. The molecule has 1 aliphatic rings. The first-order chi connectivity index (χ1) is 9.45. The normalized spacial score (nSPS) is 16.8. The van der Waals surface area contributed by atoms with Crippen LogP contribution in [-0.4, -0.2) is 45.9 Å². The highest BCUT2D eigenvalue weighted by molar-refractivity contribution is 5.68. The van der Waals surface area contributed by atoms with Crippen molar-refractivity contribution in [1.82, 2.24) is 9.55 Å². The summed E-state index contributed by atoms with van der Waals surface area (Å²) in [7, 11) is 0. The van der Waals surface area contributed by atoms with Gasteiger partial charge in [-0.1, -0.05) is 6.92 Å². The first-order valence-corrected chi connectivity index (χ1v) is 6.61. The zero-order chi connectivity index (χ0) is 14.8. The molecule has 7 heteroatoms. The summed E-state index contributed by atoms with van der Waals surface area (Å²) in [6.07, 6.45) is 4.16. The topological polar surface area (TPSA) is 84.7 Å². The molecule has 0 spiro atoms. The molecule has 0 bridgehead atoms. The van der Waals surface area contributed by atoms with Gasteiger partial charge in [0.15, 0.2) is 5.82 Å². The van der Waals surface area contributed by atoms with Gasteiger partial charge in [0.2, 0.25) is 0 Å². The first kappa shape index (κ1) is 14.5. The zero-order valence-corrected chi connectivity index (χ0v) is 11.7. The Morgan fingerprint density at radius 1 is 1.55 bits per heavy atom. The van der Waals surface area contributed by atoms with E-state index in [1.807, 2.05) is 18.7 Å². The van der Waals surface area contributed by atoms with E-state index in [2.05, 4.69) is 4.98 Å².